The molecule has 1 nitrogen and oxygen atoms in total. The summed E-state index contributed by atoms with van der Waals surface area (Å²) < 4.78 is 0.883. The van der Waals surface area contributed by atoms with Crippen LogP contribution >= 0.6 is 34.4 Å². The molecule has 2 aromatic rings. The Morgan fingerprint density at radius 3 is 2.40 bits per heavy atom. The van der Waals surface area contributed by atoms with E-state index in [1.807, 2.05) is 48.5 Å². The topological polar surface area (TPSA) is 20.2 Å². The zero-order chi connectivity index (χ0) is 10.7. The molecule has 0 aromatic heterocycles. The summed E-state index contributed by atoms with van der Waals surface area (Å²) in [6.45, 7) is 0. The number of halogens is 1. The highest BCUT2D eigenvalue weighted by Gasteiger charge is 2.05. The fourth-order valence-corrected chi connectivity index (χ4v) is 2.77. The number of phenolic OH excluding ortho intramolecular Hbond substituents is 1. The second kappa shape index (κ2) is 4.90. The third-order valence-corrected chi connectivity index (χ3v) is 3.85. The van der Waals surface area contributed by atoms with Crippen molar-refractivity contribution in [3.8, 4) is 5.75 Å². The fraction of sp³-hybridized carbons (Fsp3) is 0. The summed E-state index contributed by atoms with van der Waals surface area (Å²) in [5.41, 5.74) is 0. The average Bonchev–Trinajstić information content (AvgIpc) is 2.26. The quantitative estimate of drug-likeness (QED) is 0.836. The second-order valence-corrected chi connectivity index (χ2v) is 5.28. The van der Waals surface area contributed by atoms with Crippen LogP contribution in [0.15, 0.2) is 58.3 Å². The molecule has 0 saturated heterocycles. The van der Waals surface area contributed by atoms with E-state index in [-0.39, 0.29) is 0 Å². The third-order valence-electron chi connectivity index (χ3n) is 1.92. The van der Waals surface area contributed by atoms with Gasteiger partial charge in [-0.2, -0.15) is 0 Å². The first kappa shape index (κ1) is 10.8. The van der Waals surface area contributed by atoms with Crippen molar-refractivity contribution in [1.82, 2.24) is 0 Å². The van der Waals surface area contributed by atoms with Crippen LogP contribution in [-0.4, -0.2) is 5.11 Å². The van der Waals surface area contributed by atoms with Crippen LogP contribution in [0.5, 0.6) is 5.75 Å². The minimum absolute atomic E-state index is 0.368. The van der Waals surface area contributed by atoms with Crippen molar-refractivity contribution in [2.45, 2.75) is 9.79 Å². The Morgan fingerprint density at radius 2 is 1.67 bits per heavy atom. The van der Waals surface area contributed by atoms with E-state index in [4.69, 9.17) is 0 Å². The maximum atomic E-state index is 9.83. The molecule has 2 aromatic carbocycles. The summed E-state index contributed by atoms with van der Waals surface area (Å²) in [6, 6.07) is 15.8. The number of aromatic hydroxyl groups is 1. The highest BCUT2D eigenvalue weighted by atomic mass is 127. The van der Waals surface area contributed by atoms with Crippen LogP contribution < -0.4 is 0 Å². The summed E-state index contributed by atoms with van der Waals surface area (Å²) in [6.07, 6.45) is 0. The molecule has 0 saturated carbocycles. The van der Waals surface area contributed by atoms with Gasteiger partial charge in [-0.05, 0) is 46.9 Å². The Kier molecular flexibility index (Phi) is 3.53. The second-order valence-electron chi connectivity index (χ2n) is 3.00. The highest BCUT2D eigenvalue weighted by Crippen LogP contribution is 2.36. The van der Waals surface area contributed by atoms with Gasteiger partial charge in [0.15, 0.2) is 0 Å². The molecule has 0 aliphatic heterocycles. The van der Waals surface area contributed by atoms with Crippen molar-refractivity contribution in [1.29, 1.82) is 0 Å². The zero-order valence-corrected chi connectivity index (χ0v) is 10.8. The zero-order valence-electron chi connectivity index (χ0n) is 7.85. The first-order valence-electron chi connectivity index (χ1n) is 4.48. The number of benzene rings is 2. The van der Waals surface area contributed by atoms with Crippen molar-refractivity contribution in [2.24, 2.45) is 0 Å². The summed E-state index contributed by atoms with van der Waals surface area (Å²) in [4.78, 5) is 2.03. The molecule has 76 valence electrons. The molecule has 0 unspecified atom stereocenters. The summed E-state index contributed by atoms with van der Waals surface area (Å²) in [7, 11) is 0. The van der Waals surface area contributed by atoms with E-state index in [0.29, 0.717) is 5.75 Å². The summed E-state index contributed by atoms with van der Waals surface area (Å²) in [5.74, 6) is 0.368. The van der Waals surface area contributed by atoms with Crippen LogP contribution in [0.3, 0.4) is 0 Å². The van der Waals surface area contributed by atoms with Gasteiger partial charge < -0.3 is 5.11 Å². The van der Waals surface area contributed by atoms with Gasteiger partial charge in [0.1, 0.15) is 5.75 Å². The Bertz CT molecular complexity index is 456. The van der Waals surface area contributed by atoms with Crippen molar-refractivity contribution >= 4 is 34.4 Å². The number of hydrogen-bond acceptors (Lipinski definition) is 2. The van der Waals surface area contributed by atoms with Crippen LogP contribution in [0.25, 0.3) is 0 Å². The molecule has 0 fully saturated rings. The van der Waals surface area contributed by atoms with Gasteiger partial charge in [-0.1, -0.05) is 36.0 Å². The van der Waals surface area contributed by atoms with Crippen molar-refractivity contribution < 1.29 is 5.11 Å². The number of rotatable bonds is 2. The third kappa shape index (κ3) is 2.66. The molecule has 0 atom stereocenters. The summed E-state index contributed by atoms with van der Waals surface area (Å²) in [5, 5.41) is 9.83. The molecule has 0 heterocycles. The Hall–Kier alpha value is -0.680. The van der Waals surface area contributed by atoms with Gasteiger partial charge in [-0.3, -0.25) is 0 Å². The van der Waals surface area contributed by atoms with Crippen molar-refractivity contribution in [3.05, 3.63) is 52.1 Å². The van der Waals surface area contributed by atoms with Gasteiger partial charge in [-0.25, -0.2) is 0 Å². The van der Waals surface area contributed by atoms with E-state index in [1.165, 1.54) is 0 Å². The van der Waals surface area contributed by atoms with Crippen molar-refractivity contribution in [2.75, 3.05) is 0 Å². The lowest BCUT2D eigenvalue weighted by atomic mass is 10.3. The minimum Gasteiger partial charge on any atom is -0.506 e. The largest absolute Gasteiger partial charge is 0.506 e. The first-order chi connectivity index (χ1) is 7.27. The fourth-order valence-electron chi connectivity index (χ4n) is 1.19. The molecular formula is C12H9IOS. The van der Waals surface area contributed by atoms with Crippen LogP contribution in [0.4, 0.5) is 0 Å². The molecule has 15 heavy (non-hydrogen) atoms. The minimum atomic E-state index is 0.368. The maximum Gasteiger partial charge on any atom is 0.142 e. The molecule has 2 rings (SSSR count). The lowest BCUT2D eigenvalue weighted by molar-refractivity contribution is 0.458. The van der Waals surface area contributed by atoms with Gasteiger partial charge in [0.05, 0.1) is 8.47 Å². The molecule has 0 spiro atoms. The van der Waals surface area contributed by atoms with Gasteiger partial charge in [0.2, 0.25) is 0 Å². The Labute approximate surface area is 107 Å². The lowest BCUT2D eigenvalue weighted by Gasteiger charge is -2.05. The van der Waals surface area contributed by atoms with E-state index in [1.54, 1.807) is 11.8 Å². The lowest BCUT2D eigenvalue weighted by Crippen LogP contribution is -1.78. The average molecular weight is 328 g/mol. The van der Waals surface area contributed by atoms with E-state index in [2.05, 4.69) is 22.6 Å². The Morgan fingerprint density at radius 1 is 0.933 bits per heavy atom. The first-order valence-corrected chi connectivity index (χ1v) is 6.37. The molecule has 0 bridgehead atoms. The number of hydrogen-bond donors (Lipinski definition) is 1. The smallest absolute Gasteiger partial charge is 0.142 e. The summed E-state index contributed by atoms with van der Waals surface area (Å²) >= 11 is 3.70. The standard InChI is InChI=1S/C12H9IOS/c13-10-7-4-8-11(12(10)14)15-9-5-2-1-3-6-9/h1-8,14H. The van der Waals surface area contributed by atoms with Crippen LogP contribution in [0.2, 0.25) is 0 Å². The molecule has 0 aliphatic rings. The van der Waals surface area contributed by atoms with Gasteiger partial charge >= 0.3 is 0 Å². The molecule has 3 heteroatoms. The maximum absolute atomic E-state index is 9.83. The predicted octanol–water partition coefficient (Wildman–Crippen LogP) is 4.15. The Balaban J connectivity index is 2.29. The van der Waals surface area contributed by atoms with Crippen molar-refractivity contribution in [3.63, 3.8) is 0 Å². The van der Waals surface area contributed by atoms with E-state index in [9.17, 15) is 5.11 Å². The van der Waals surface area contributed by atoms with E-state index >= 15 is 0 Å². The van der Waals surface area contributed by atoms with Gasteiger partial charge in [0, 0.05) is 4.90 Å². The van der Waals surface area contributed by atoms with E-state index in [0.717, 1.165) is 13.4 Å². The monoisotopic (exact) mass is 328 g/mol. The van der Waals surface area contributed by atoms with Gasteiger partial charge in [0.25, 0.3) is 0 Å². The normalized spacial score (nSPS) is 10.2. The SMILES string of the molecule is Oc1c(I)cccc1Sc1ccccc1. The van der Waals surface area contributed by atoms with Crippen LogP contribution in [0.1, 0.15) is 0 Å². The predicted molar refractivity (Wildman–Crippen MR) is 71.4 cm³/mol. The molecular weight excluding hydrogens is 319 g/mol. The molecule has 0 amide bonds. The number of para-hydroxylation sites is 1. The number of phenols is 1. The van der Waals surface area contributed by atoms with Crippen LogP contribution in [0, 0.1) is 3.57 Å². The van der Waals surface area contributed by atoms with E-state index < -0.39 is 0 Å². The van der Waals surface area contributed by atoms with Crippen LogP contribution in [-0.2, 0) is 0 Å². The molecule has 1 N–H and O–H groups in total. The van der Waals surface area contributed by atoms with Gasteiger partial charge in [-0.15, -0.1) is 0 Å². The molecule has 0 radical (unpaired) electrons. The highest BCUT2D eigenvalue weighted by molar-refractivity contribution is 14.1. The molecule has 0 aliphatic carbocycles.